The van der Waals surface area contributed by atoms with Crippen LogP contribution in [0.3, 0.4) is 0 Å². The molecule has 2 rings (SSSR count). The zero-order chi connectivity index (χ0) is 14.7. The van der Waals surface area contributed by atoms with E-state index in [9.17, 15) is 14.7 Å². The summed E-state index contributed by atoms with van der Waals surface area (Å²) in [5.74, 6) is -0.196. The van der Waals surface area contributed by atoms with Crippen molar-refractivity contribution in [2.75, 3.05) is 0 Å². The normalized spacial score (nSPS) is 22.5. The molecule has 1 saturated heterocycles. The van der Waals surface area contributed by atoms with Crippen molar-refractivity contribution in [1.29, 1.82) is 0 Å². The SMILES string of the molecule is CC(C)c1ccc(C(=O)NC2CCC(=O)NC2O)nc1. The second kappa shape index (κ2) is 6.00. The fraction of sp³-hybridized carbons (Fsp3) is 0.500. The molecule has 108 valence electrons. The highest BCUT2D eigenvalue weighted by Crippen LogP contribution is 2.13. The first-order chi connectivity index (χ1) is 9.47. The molecule has 0 bridgehead atoms. The minimum absolute atomic E-state index is 0.206. The molecule has 2 atom stereocenters. The molecule has 1 fully saturated rings. The molecule has 0 saturated carbocycles. The van der Waals surface area contributed by atoms with E-state index in [0.717, 1.165) is 5.56 Å². The topological polar surface area (TPSA) is 91.3 Å². The number of rotatable bonds is 3. The van der Waals surface area contributed by atoms with E-state index in [0.29, 0.717) is 24.5 Å². The molecule has 3 N–H and O–H groups in total. The molecule has 6 heteroatoms. The monoisotopic (exact) mass is 277 g/mol. The van der Waals surface area contributed by atoms with Crippen molar-refractivity contribution in [1.82, 2.24) is 15.6 Å². The number of piperidine rings is 1. The number of hydrogen-bond donors (Lipinski definition) is 3. The van der Waals surface area contributed by atoms with Crippen molar-refractivity contribution < 1.29 is 14.7 Å². The lowest BCUT2D eigenvalue weighted by molar-refractivity contribution is -0.127. The van der Waals surface area contributed by atoms with Crippen LogP contribution in [0.4, 0.5) is 0 Å². The molecule has 0 aliphatic carbocycles. The highest BCUT2D eigenvalue weighted by molar-refractivity contribution is 5.92. The summed E-state index contributed by atoms with van der Waals surface area (Å²) >= 11 is 0. The van der Waals surface area contributed by atoms with Crippen LogP contribution in [0.25, 0.3) is 0 Å². The lowest BCUT2D eigenvalue weighted by Gasteiger charge is -2.28. The molecule has 1 aliphatic heterocycles. The van der Waals surface area contributed by atoms with Gasteiger partial charge < -0.3 is 15.7 Å². The first-order valence-electron chi connectivity index (χ1n) is 6.71. The molecular formula is C14H19N3O3. The van der Waals surface area contributed by atoms with Crippen LogP contribution in [-0.2, 0) is 4.79 Å². The maximum atomic E-state index is 12.0. The Morgan fingerprint density at radius 3 is 2.80 bits per heavy atom. The van der Waals surface area contributed by atoms with Gasteiger partial charge in [0.15, 0.2) is 0 Å². The summed E-state index contributed by atoms with van der Waals surface area (Å²) in [7, 11) is 0. The number of hydrogen-bond acceptors (Lipinski definition) is 4. The number of aliphatic hydroxyl groups excluding tert-OH is 1. The highest BCUT2D eigenvalue weighted by atomic mass is 16.3. The smallest absolute Gasteiger partial charge is 0.270 e. The van der Waals surface area contributed by atoms with Gasteiger partial charge in [0, 0.05) is 12.6 Å². The number of carbonyl (C=O) groups excluding carboxylic acids is 2. The molecule has 0 radical (unpaired) electrons. The van der Waals surface area contributed by atoms with Gasteiger partial charge in [0.25, 0.3) is 5.91 Å². The second-order valence-corrected chi connectivity index (χ2v) is 5.26. The van der Waals surface area contributed by atoms with Crippen LogP contribution in [0, 0.1) is 0 Å². The Bertz CT molecular complexity index is 499. The van der Waals surface area contributed by atoms with Crippen molar-refractivity contribution in [2.24, 2.45) is 0 Å². The number of carbonyl (C=O) groups is 2. The van der Waals surface area contributed by atoms with E-state index >= 15 is 0 Å². The van der Waals surface area contributed by atoms with Gasteiger partial charge in [-0.25, -0.2) is 0 Å². The van der Waals surface area contributed by atoms with Crippen molar-refractivity contribution in [2.45, 2.75) is 44.9 Å². The van der Waals surface area contributed by atoms with Gasteiger partial charge in [-0.1, -0.05) is 19.9 Å². The Balaban J connectivity index is 1.99. The lowest BCUT2D eigenvalue weighted by Crippen LogP contribution is -2.55. The molecule has 0 spiro atoms. The van der Waals surface area contributed by atoms with Gasteiger partial charge in [0.1, 0.15) is 11.9 Å². The number of amides is 2. The maximum Gasteiger partial charge on any atom is 0.270 e. The molecule has 2 heterocycles. The molecule has 2 amide bonds. The zero-order valence-electron chi connectivity index (χ0n) is 11.6. The number of aliphatic hydroxyl groups is 1. The van der Waals surface area contributed by atoms with Gasteiger partial charge in [-0.2, -0.15) is 0 Å². The zero-order valence-corrected chi connectivity index (χ0v) is 11.6. The maximum absolute atomic E-state index is 12.0. The van der Waals surface area contributed by atoms with Crippen LogP contribution in [0.1, 0.15) is 48.7 Å². The van der Waals surface area contributed by atoms with E-state index in [1.807, 2.05) is 6.07 Å². The number of aromatic nitrogens is 1. The van der Waals surface area contributed by atoms with E-state index < -0.39 is 12.3 Å². The molecule has 6 nitrogen and oxygen atoms in total. The van der Waals surface area contributed by atoms with Crippen LogP contribution in [0.5, 0.6) is 0 Å². The fourth-order valence-electron chi connectivity index (χ4n) is 2.06. The third-order valence-electron chi connectivity index (χ3n) is 3.37. The number of nitrogens with one attached hydrogen (secondary N) is 2. The van der Waals surface area contributed by atoms with Crippen molar-refractivity contribution in [3.8, 4) is 0 Å². The van der Waals surface area contributed by atoms with Crippen LogP contribution in [-0.4, -0.2) is 34.2 Å². The first kappa shape index (κ1) is 14.5. The highest BCUT2D eigenvalue weighted by Gasteiger charge is 2.28. The van der Waals surface area contributed by atoms with Crippen molar-refractivity contribution in [3.05, 3.63) is 29.6 Å². The summed E-state index contributed by atoms with van der Waals surface area (Å²) in [4.78, 5) is 27.2. The van der Waals surface area contributed by atoms with Crippen LogP contribution >= 0.6 is 0 Å². The third-order valence-corrected chi connectivity index (χ3v) is 3.37. The Kier molecular flexibility index (Phi) is 4.34. The summed E-state index contributed by atoms with van der Waals surface area (Å²) < 4.78 is 0. The Morgan fingerprint density at radius 1 is 1.50 bits per heavy atom. The minimum Gasteiger partial charge on any atom is -0.372 e. The van der Waals surface area contributed by atoms with Gasteiger partial charge in [-0.05, 0) is 24.0 Å². The number of pyridine rings is 1. The summed E-state index contributed by atoms with van der Waals surface area (Å²) in [5.41, 5.74) is 1.37. The number of nitrogens with zero attached hydrogens (tertiary/aromatic N) is 1. The largest absolute Gasteiger partial charge is 0.372 e. The summed E-state index contributed by atoms with van der Waals surface area (Å²) in [6, 6.07) is 3.05. The molecule has 0 aromatic carbocycles. The van der Waals surface area contributed by atoms with Gasteiger partial charge in [0.2, 0.25) is 5.91 Å². The average Bonchev–Trinajstić information content (AvgIpc) is 2.42. The average molecular weight is 277 g/mol. The molecule has 2 unspecified atom stereocenters. The minimum atomic E-state index is -1.05. The van der Waals surface area contributed by atoms with Crippen LogP contribution < -0.4 is 10.6 Å². The molecule has 1 aromatic heterocycles. The van der Waals surface area contributed by atoms with Gasteiger partial charge in [-0.15, -0.1) is 0 Å². The van der Waals surface area contributed by atoms with E-state index in [1.165, 1.54) is 0 Å². The molecule has 1 aromatic rings. The standard InChI is InChI=1S/C14H19N3O3/c1-8(2)9-3-4-10(15-7-9)13(19)16-11-5-6-12(18)17-14(11)20/h3-4,7-8,11,14,20H,5-6H2,1-2H3,(H,16,19)(H,17,18). The van der Waals surface area contributed by atoms with Gasteiger partial charge in [-0.3, -0.25) is 14.6 Å². The second-order valence-electron chi connectivity index (χ2n) is 5.26. The van der Waals surface area contributed by atoms with Gasteiger partial charge >= 0.3 is 0 Å². The molecule has 20 heavy (non-hydrogen) atoms. The Labute approximate surface area is 117 Å². The van der Waals surface area contributed by atoms with Crippen molar-refractivity contribution in [3.63, 3.8) is 0 Å². The predicted molar refractivity (Wildman–Crippen MR) is 73.0 cm³/mol. The Hall–Kier alpha value is -1.95. The third kappa shape index (κ3) is 3.33. The quantitative estimate of drug-likeness (QED) is 0.751. The molecule has 1 aliphatic rings. The van der Waals surface area contributed by atoms with Crippen molar-refractivity contribution >= 4 is 11.8 Å². The van der Waals surface area contributed by atoms with E-state index in [2.05, 4.69) is 29.5 Å². The first-order valence-corrected chi connectivity index (χ1v) is 6.71. The van der Waals surface area contributed by atoms with Crippen LogP contribution in [0.2, 0.25) is 0 Å². The van der Waals surface area contributed by atoms with E-state index in [-0.39, 0.29) is 11.8 Å². The summed E-state index contributed by atoms with van der Waals surface area (Å²) in [6.45, 7) is 4.11. The van der Waals surface area contributed by atoms with E-state index in [1.54, 1.807) is 12.3 Å². The lowest BCUT2D eigenvalue weighted by atomic mass is 10.0. The molecular weight excluding hydrogens is 258 g/mol. The van der Waals surface area contributed by atoms with Gasteiger partial charge in [0.05, 0.1) is 6.04 Å². The van der Waals surface area contributed by atoms with Crippen LogP contribution in [0.15, 0.2) is 18.3 Å². The summed E-state index contributed by atoms with van der Waals surface area (Å²) in [5, 5.41) is 14.8. The Morgan fingerprint density at radius 2 is 2.25 bits per heavy atom. The predicted octanol–water partition coefficient (Wildman–Crippen LogP) is 0.532. The van der Waals surface area contributed by atoms with E-state index in [4.69, 9.17) is 0 Å². The summed E-state index contributed by atoms with van der Waals surface area (Å²) in [6.07, 6.45) is 1.35. The fourth-order valence-corrected chi connectivity index (χ4v) is 2.06.